The minimum absolute atomic E-state index is 0.224. The number of hydrogen-bond donors (Lipinski definition) is 1. The molecule has 2 aromatic rings. The molecule has 2 atom stereocenters. The van der Waals surface area contributed by atoms with Crippen LogP contribution in [0.25, 0.3) is 0 Å². The molecule has 2 fully saturated rings. The maximum Gasteiger partial charge on any atom is 0.225 e. The smallest absolute Gasteiger partial charge is 0.225 e. The molecule has 2 unspecified atom stereocenters. The van der Waals surface area contributed by atoms with Crippen LogP contribution in [-0.4, -0.2) is 83.8 Å². The van der Waals surface area contributed by atoms with Crippen LogP contribution in [0.4, 0.5) is 11.8 Å². The zero-order valence-corrected chi connectivity index (χ0v) is 19.3. The normalized spacial score (nSPS) is 22.2. The predicted octanol–water partition coefficient (Wildman–Crippen LogP) is 1.77. The second-order valence-corrected chi connectivity index (χ2v) is 8.38. The number of hydrogen-bond acceptors (Lipinski definition) is 7. The van der Waals surface area contributed by atoms with E-state index in [4.69, 9.17) is 14.7 Å². The molecule has 9 heteroatoms. The maximum absolute atomic E-state index is 5.83. The molecular formula is C23H34N8O. The van der Waals surface area contributed by atoms with E-state index in [1.807, 2.05) is 12.3 Å². The molecule has 0 aliphatic carbocycles. The largest absolute Gasteiger partial charge is 0.372 e. The highest BCUT2D eigenvalue weighted by molar-refractivity contribution is 5.80. The molecule has 0 bridgehead atoms. The van der Waals surface area contributed by atoms with Crippen molar-refractivity contribution in [3.8, 4) is 0 Å². The minimum atomic E-state index is 0.224. The van der Waals surface area contributed by atoms with E-state index < -0.39 is 0 Å². The van der Waals surface area contributed by atoms with Gasteiger partial charge < -0.3 is 24.8 Å². The second kappa shape index (κ2) is 10.6. The third-order valence-electron chi connectivity index (χ3n) is 5.71. The van der Waals surface area contributed by atoms with Crippen LogP contribution in [0.5, 0.6) is 0 Å². The fourth-order valence-corrected chi connectivity index (χ4v) is 4.23. The second-order valence-electron chi connectivity index (χ2n) is 8.38. The number of guanidine groups is 1. The summed E-state index contributed by atoms with van der Waals surface area (Å²) in [5.41, 5.74) is 1.11. The van der Waals surface area contributed by atoms with Crippen molar-refractivity contribution in [2.75, 3.05) is 55.6 Å². The van der Waals surface area contributed by atoms with Crippen LogP contribution in [0.3, 0.4) is 0 Å². The molecule has 4 rings (SSSR count). The van der Waals surface area contributed by atoms with Crippen LogP contribution in [0.2, 0.25) is 0 Å². The molecule has 2 saturated heterocycles. The molecule has 32 heavy (non-hydrogen) atoms. The van der Waals surface area contributed by atoms with E-state index in [0.29, 0.717) is 6.54 Å². The highest BCUT2D eigenvalue weighted by atomic mass is 16.5. The minimum Gasteiger partial charge on any atom is -0.372 e. The number of pyridine rings is 1. The summed E-state index contributed by atoms with van der Waals surface area (Å²) < 4.78 is 5.83. The van der Waals surface area contributed by atoms with Crippen LogP contribution in [-0.2, 0) is 11.3 Å². The summed E-state index contributed by atoms with van der Waals surface area (Å²) >= 11 is 0. The van der Waals surface area contributed by atoms with Crippen molar-refractivity contribution < 1.29 is 4.74 Å². The fourth-order valence-electron chi connectivity index (χ4n) is 4.23. The Morgan fingerprint density at radius 1 is 1.03 bits per heavy atom. The van der Waals surface area contributed by atoms with Crippen LogP contribution in [0.1, 0.15) is 26.3 Å². The molecule has 0 spiro atoms. The Hall–Kier alpha value is -2.94. The van der Waals surface area contributed by atoms with Gasteiger partial charge in [-0.2, -0.15) is 0 Å². The number of ether oxygens (including phenoxy) is 1. The Morgan fingerprint density at radius 2 is 1.75 bits per heavy atom. The first-order valence-electron chi connectivity index (χ1n) is 11.5. The van der Waals surface area contributed by atoms with Gasteiger partial charge in [0, 0.05) is 64.4 Å². The Bertz CT molecular complexity index is 857. The van der Waals surface area contributed by atoms with E-state index in [-0.39, 0.29) is 12.2 Å². The number of aromatic nitrogens is 3. The summed E-state index contributed by atoms with van der Waals surface area (Å²) in [6, 6.07) is 6.07. The average Bonchev–Trinajstić information content (AvgIpc) is 2.82. The van der Waals surface area contributed by atoms with Gasteiger partial charge in [-0.3, -0.25) is 0 Å². The molecule has 0 aromatic carbocycles. The lowest BCUT2D eigenvalue weighted by Gasteiger charge is -2.36. The molecule has 2 aromatic heterocycles. The van der Waals surface area contributed by atoms with Gasteiger partial charge in [-0.05, 0) is 38.5 Å². The van der Waals surface area contributed by atoms with E-state index in [2.05, 4.69) is 62.9 Å². The first kappa shape index (κ1) is 22.3. The number of nitrogens with zero attached hydrogens (tertiary/aromatic N) is 7. The van der Waals surface area contributed by atoms with Crippen molar-refractivity contribution in [3.05, 3.63) is 42.4 Å². The van der Waals surface area contributed by atoms with Crippen LogP contribution in [0.15, 0.2) is 41.8 Å². The molecule has 2 aliphatic heterocycles. The summed E-state index contributed by atoms with van der Waals surface area (Å²) in [4.78, 5) is 25.1. The van der Waals surface area contributed by atoms with Crippen molar-refractivity contribution in [1.29, 1.82) is 0 Å². The van der Waals surface area contributed by atoms with Crippen LogP contribution < -0.4 is 15.1 Å². The monoisotopic (exact) mass is 438 g/mol. The zero-order valence-electron chi connectivity index (χ0n) is 19.3. The number of piperazine rings is 1. The lowest BCUT2D eigenvalue weighted by molar-refractivity contribution is -0.00545. The zero-order chi connectivity index (χ0) is 22.3. The van der Waals surface area contributed by atoms with Gasteiger partial charge in [-0.15, -0.1) is 0 Å². The number of nitrogens with one attached hydrogen (secondary N) is 1. The third-order valence-corrected chi connectivity index (χ3v) is 5.71. The summed E-state index contributed by atoms with van der Waals surface area (Å²) in [6.45, 7) is 13.0. The lowest BCUT2D eigenvalue weighted by atomic mass is 10.2. The Balaban J connectivity index is 1.35. The quantitative estimate of drug-likeness (QED) is 0.559. The first-order chi connectivity index (χ1) is 15.6. The van der Waals surface area contributed by atoms with Gasteiger partial charge >= 0.3 is 0 Å². The molecule has 0 saturated carbocycles. The van der Waals surface area contributed by atoms with Gasteiger partial charge in [0.25, 0.3) is 0 Å². The topological polar surface area (TPSA) is 82.0 Å². The third kappa shape index (κ3) is 5.64. The molecule has 1 N–H and O–H groups in total. The Labute approximate surface area is 190 Å². The van der Waals surface area contributed by atoms with Crippen LogP contribution in [0, 0.1) is 0 Å². The van der Waals surface area contributed by atoms with Gasteiger partial charge in [0.2, 0.25) is 5.95 Å². The maximum atomic E-state index is 5.83. The molecule has 4 heterocycles. The van der Waals surface area contributed by atoms with E-state index in [0.717, 1.165) is 69.1 Å². The van der Waals surface area contributed by atoms with Crippen molar-refractivity contribution >= 4 is 17.7 Å². The van der Waals surface area contributed by atoms with Crippen molar-refractivity contribution in [3.63, 3.8) is 0 Å². The van der Waals surface area contributed by atoms with Gasteiger partial charge in [-0.1, -0.05) is 6.07 Å². The SMILES string of the molecule is CCNC(=NCc1ccc(N2CC(C)OC(C)C2)nc1)N1CCN(c2ncccn2)CC1. The molecular weight excluding hydrogens is 404 g/mol. The number of rotatable bonds is 5. The Kier molecular flexibility index (Phi) is 7.36. The first-order valence-corrected chi connectivity index (χ1v) is 11.5. The Morgan fingerprint density at radius 3 is 2.38 bits per heavy atom. The van der Waals surface area contributed by atoms with E-state index >= 15 is 0 Å². The summed E-state index contributed by atoms with van der Waals surface area (Å²) in [5, 5.41) is 3.43. The number of morpholine rings is 1. The molecule has 172 valence electrons. The summed E-state index contributed by atoms with van der Waals surface area (Å²) in [6.07, 6.45) is 5.97. The fraction of sp³-hybridized carbons (Fsp3) is 0.565. The molecule has 9 nitrogen and oxygen atoms in total. The summed E-state index contributed by atoms with van der Waals surface area (Å²) in [5.74, 6) is 2.75. The highest BCUT2D eigenvalue weighted by Crippen LogP contribution is 2.18. The van der Waals surface area contributed by atoms with Crippen LogP contribution >= 0.6 is 0 Å². The van der Waals surface area contributed by atoms with Gasteiger partial charge in [0.15, 0.2) is 5.96 Å². The number of anilines is 2. The standard InChI is InChI=1S/C23H34N8O/c1-4-24-22(29-10-12-30(13-11-29)23-25-8-5-9-26-23)28-15-20-6-7-21(27-14-20)31-16-18(2)32-19(3)17-31/h5-9,14,18-19H,4,10-13,15-17H2,1-3H3,(H,24,28). The average molecular weight is 439 g/mol. The van der Waals surface area contributed by atoms with E-state index in [1.54, 1.807) is 12.4 Å². The lowest BCUT2D eigenvalue weighted by Crippen LogP contribution is -2.52. The van der Waals surface area contributed by atoms with Gasteiger partial charge in [0.1, 0.15) is 5.82 Å². The van der Waals surface area contributed by atoms with Crippen molar-refractivity contribution in [2.45, 2.75) is 39.5 Å². The van der Waals surface area contributed by atoms with E-state index in [1.165, 1.54) is 0 Å². The van der Waals surface area contributed by atoms with Gasteiger partial charge in [0.05, 0.1) is 18.8 Å². The molecule has 0 amide bonds. The van der Waals surface area contributed by atoms with Crippen molar-refractivity contribution in [1.82, 2.24) is 25.2 Å². The highest BCUT2D eigenvalue weighted by Gasteiger charge is 2.23. The van der Waals surface area contributed by atoms with E-state index in [9.17, 15) is 0 Å². The van der Waals surface area contributed by atoms with Crippen molar-refractivity contribution in [2.24, 2.45) is 4.99 Å². The van der Waals surface area contributed by atoms with Gasteiger partial charge in [-0.25, -0.2) is 19.9 Å². The molecule has 2 aliphatic rings. The summed E-state index contributed by atoms with van der Waals surface area (Å²) in [7, 11) is 0. The predicted molar refractivity (Wildman–Crippen MR) is 127 cm³/mol. The number of aliphatic imine (C=N–C) groups is 1. The molecule has 0 radical (unpaired) electrons.